The standard InChI is InChI=1S/C22H17ClO3/c23-17-10-5-13(6-11-17)4-7-14-8-9-16-12-15-2-1-3-18(24)19(15)22(26)20(16)21(14)25/h1-3,5-6,8-11,24-25H,4,7,12H2. The van der Waals surface area contributed by atoms with E-state index in [1.165, 1.54) is 6.07 Å². The molecule has 0 amide bonds. The molecule has 4 rings (SSSR count). The molecule has 0 radical (unpaired) electrons. The number of hydrogen-bond donors (Lipinski definition) is 2. The van der Waals surface area contributed by atoms with E-state index in [1.54, 1.807) is 6.07 Å². The summed E-state index contributed by atoms with van der Waals surface area (Å²) in [6.45, 7) is 0. The third-order valence-corrected chi connectivity index (χ3v) is 5.16. The van der Waals surface area contributed by atoms with Gasteiger partial charge >= 0.3 is 0 Å². The Kier molecular flexibility index (Phi) is 4.17. The van der Waals surface area contributed by atoms with Crippen molar-refractivity contribution in [1.82, 2.24) is 0 Å². The smallest absolute Gasteiger partial charge is 0.201 e. The van der Waals surface area contributed by atoms with Gasteiger partial charge in [0.2, 0.25) is 5.78 Å². The van der Waals surface area contributed by atoms with Gasteiger partial charge in [0, 0.05) is 5.02 Å². The van der Waals surface area contributed by atoms with Crippen LogP contribution in [-0.4, -0.2) is 16.0 Å². The van der Waals surface area contributed by atoms with Gasteiger partial charge in [0.15, 0.2) is 0 Å². The second-order valence-corrected chi connectivity index (χ2v) is 6.99. The number of carbonyl (C=O) groups is 1. The molecule has 3 aromatic carbocycles. The molecule has 130 valence electrons. The van der Waals surface area contributed by atoms with Crippen molar-refractivity contribution in [2.45, 2.75) is 19.3 Å². The van der Waals surface area contributed by atoms with E-state index in [0.717, 1.165) is 28.7 Å². The van der Waals surface area contributed by atoms with Crippen LogP contribution in [0.1, 0.15) is 38.2 Å². The van der Waals surface area contributed by atoms with Gasteiger partial charge in [-0.2, -0.15) is 0 Å². The lowest BCUT2D eigenvalue weighted by atomic mass is 9.82. The summed E-state index contributed by atoms with van der Waals surface area (Å²) >= 11 is 5.91. The fraction of sp³-hybridized carbons (Fsp3) is 0.136. The number of fused-ring (bicyclic) bond motifs is 2. The van der Waals surface area contributed by atoms with Crippen LogP contribution in [0.3, 0.4) is 0 Å². The van der Waals surface area contributed by atoms with Crippen molar-refractivity contribution in [1.29, 1.82) is 0 Å². The Labute approximate surface area is 156 Å². The van der Waals surface area contributed by atoms with Crippen molar-refractivity contribution < 1.29 is 15.0 Å². The topological polar surface area (TPSA) is 57.5 Å². The highest BCUT2D eigenvalue weighted by atomic mass is 35.5. The maximum Gasteiger partial charge on any atom is 0.201 e. The molecule has 26 heavy (non-hydrogen) atoms. The second kappa shape index (κ2) is 6.50. The summed E-state index contributed by atoms with van der Waals surface area (Å²) in [5.41, 5.74) is 4.03. The van der Waals surface area contributed by atoms with Gasteiger partial charge in [-0.3, -0.25) is 4.79 Å². The Morgan fingerprint density at radius 3 is 2.35 bits per heavy atom. The number of aryl methyl sites for hydroxylation is 2. The van der Waals surface area contributed by atoms with Crippen LogP contribution in [0.15, 0.2) is 54.6 Å². The van der Waals surface area contributed by atoms with E-state index in [9.17, 15) is 15.0 Å². The number of phenols is 2. The Balaban J connectivity index is 1.66. The van der Waals surface area contributed by atoms with E-state index < -0.39 is 0 Å². The van der Waals surface area contributed by atoms with Crippen LogP contribution < -0.4 is 0 Å². The molecule has 0 bridgehead atoms. The molecule has 0 aromatic heterocycles. The summed E-state index contributed by atoms with van der Waals surface area (Å²) in [5, 5.41) is 21.5. The number of aromatic hydroxyl groups is 2. The predicted octanol–water partition coefficient (Wildman–Crippen LogP) is 4.67. The summed E-state index contributed by atoms with van der Waals surface area (Å²) in [5.74, 6) is -0.329. The van der Waals surface area contributed by atoms with Crippen molar-refractivity contribution in [2.24, 2.45) is 0 Å². The summed E-state index contributed by atoms with van der Waals surface area (Å²) in [6, 6.07) is 16.4. The molecule has 3 aromatic rings. The fourth-order valence-corrected chi connectivity index (χ4v) is 3.66. The number of phenolic OH excluding ortho intramolecular Hbond substituents is 2. The lowest BCUT2D eigenvalue weighted by Crippen LogP contribution is -2.16. The highest BCUT2D eigenvalue weighted by Crippen LogP contribution is 2.38. The van der Waals surface area contributed by atoms with Gasteiger partial charge < -0.3 is 10.2 Å². The molecule has 2 N–H and O–H groups in total. The Hall–Kier alpha value is -2.78. The SMILES string of the molecule is O=C1c2c(O)cccc2Cc2ccc(CCc3ccc(Cl)cc3)c(O)c21. The first-order valence-corrected chi connectivity index (χ1v) is 8.86. The van der Waals surface area contributed by atoms with E-state index in [2.05, 4.69) is 0 Å². The summed E-state index contributed by atoms with van der Waals surface area (Å²) in [4.78, 5) is 12.9. The summed E-state index contributed by atoms with van der Waals surface area (Å²) < 4.78 is 0. The van der Waals surface area contributed by atoms with E-state index in [0.29, 0.717) is 29.0 Å². The number of ketones is 1. The lowest BCUT2D eigenvalue weighted by molar-refractivity contribution is 0.102. The average molecular weight is 365 g/mol. The van der Waals surface area contributed by atoms with Crippen molar-refractivity contribution in [3.8, 4) is 11.5 Å². The zero-order chi connectivity index (χ0) is 18.3. The van der Waals surface area contributed by atoms with Crippen LogP contribution in [0.25, 0.3) is 0 Å². The molecular formula is C22H17ClO3. The molecule has 0 atom stereocenters. The zero-order valence-corrected chi connectivity index (χ0v) is 14.8. The monoisotopic (exact) mass is 364 g/mol. The molecular weight excluding hydrogens is 348 g/mol. The van der Waals surface area contributed by atoms with E-state index >= 15 is 0 Å². The maximum absolute atomic E-state index is 12.9. The molecule has 0 fully saturated rings. The molecule has 0 aliphatic heterocycles. The first-order chi connectivity index (χ1) is 12.5. The van der Waals surface area contributed by atoms with E-state index in [-0.39, 0.29) is 17.3 Å². The van der Waals surface area contributed by atoms with E-state index in [1.807, 2.05) is 42.5 Å². The molecule has 0 unspecified atom stereocenters. The minimum atomic E-state index is -0.315. The molecule has 0 saturated heterocycles. The van der Waals surface area contributed by atoms with Gasteiger partial charge in [-0.25, -0.2) is 0 Å². The van der Waals surface area contributed by atoms with Gasteiger partial charge in [-0.05, 0) is 59.7 Å². The highest BCUT2D eigenvalue weighted by molar-refractivity contribution is 6.30. The minimum Gasteiger partial charge on any atom is -0.507 e. The number of hydrogen-bond acceptors (Lipinski definition) is 3. The van der Waals surface area contributed by atoms with Crippen molar-refractivity contribution in [2.75, 3.05) is 0 Å². The third kappa shape index (κ3) is 2.85. The molecule has 0 heterocycles. The Bertz CT molecular complexity index is 1010. The van der Waals surface area contributed by atoms with Gasteiger partial charge in [-0.1, -0.05) is 48.0 Å². The van der Waals surface area contributed by atoms with Gasteiger partial charge in [0.1, 0.15) is 11.5 Å². The number of rotatable bonds is 3. The van der Waals surface area contributed by atoms with Crippen molar-refractivity contribution >= 4 is 17.4 Å². The zero-order valence-electron chi connectivity index (χ0n) is 14.0. The number of halogens is 1. The van der Waals surface area contributed by atoms with Crippen LogP contribution >= 0.6 is 11.6 Å². The largest absolute Gasteiger partial charge is 0.507 e. The number of benzene rings is 3. The van der Waals surface area contributed by atoms with Crippen LogP contribution in [0.4, 0.5) is 0 Å². The Morgan fingerprint density at radius 1 is 0.846 bits per heavy atom. The number of carbonyl (C=O) groups excluding carboxylic acids is 1. The van der Waals surface area contributed by atoms with Gasteiger partial charge in [-0.15, -0.1) is 0 Å². The average Bonchev–Trinajstić information content (AvgIpc) is 2.62. The summed E-state index contributed by atoms with van der Waals surface area (Å²) in [7, 11) is 0. The molecule has 0 saturated carbocycles. The summed E-state index contributed by atoms with van der Waals surface area (Å²) in [6.07, 6.45) is 1.87. The van der Waals surface area contributed by atoms with E-state index in [4.69, 9.17) is 11.6 Å². The van der Waals surface area contributed by atoms with Crippen LogP contribution in [0.2, 0.25) is 5.02 Å². The third-order valence-electron chi connectivity index (χ3n) is 4.91. The molecule has 1 aliphatic rings. The van der Waals surface area contributed by atoms with Crippen LogP contribution in [0, 0.1) is 0 Å². The quantitative estimate of drug-likeness (QED) is 0.555. The predicted molar refractivity (Wildman–Crippen MR) is 101 cm³/mol. The van der Waals surface area contributed by atoms with Crippen LogP contribution in [-0.2, 0) is 19.3 Å². The first kappa shape index (κ1) is 16.7. The maximum atomic E-state index is 12.9. The van der Waals surface area contributed by atoms with Crippen LogP contribution in [0.5, 0.6) is 11.5 Å². The highest BCUT2D eigenvalue weighted by Gasteiger charge is 2.29. The van der Waals surface area contributed by atoms with Gasteiger partial charge in [0.05, 0.1) is 11.1 Å². The Morgan fingerprint density at radius 2 is 1.58 bits per heavy atom. The van der Waals surface area contributed by atoms with Crippen molar-refractivity contribution in [3.05, 3.63) is 93.0 Å². The molecule has 4 heteroatoms. The lowest BCUT2D eigenvalue weighted by Gasteiger charge is -2.21. The normalized spacial score (nSPS) is 12.6. The molecule has 3 nitrogen and oxygen atoms in total. The first-order valence-electron chi connectivity index (χ1n) is 8.48. The second-order valence-electron chi connectivity index (χ2n) is 6.55. The fourth-order valence-electron chi connectivity index (χ4n) is 3.53. The van der Waals surface area contributed by atoms with Crippen molar-refractivity contribution in [3.63, 3.8) is 0 Å². The molecule has 0 spiro atoms. The van der Waals surface area contributed by atoms with Gasteiger partial charge in [0.25, 0.3) is 0 Å². The molecule has 1 aliphatic carbocycles. The minimum absolute atomic E-state index is 0.0235.